The van der Waals surface area contributed by atoms with Gasteiger partial charge in [0.15, 0.2) is 6.04 Å². The fourth-order valence-electron chi connectivity index (χ4n) is 2.36. The molecule has 2 aromatic rings. The molecule has 1 aliphatic carbocycles. The summed E-state index contributed by atoms with van der Waals surface area (Å²) < 4.78 is 6.78. The third-order valence-electron chi connectivity index (χ3n) is 3.82. The minimum Gasteiger partial charge on any atom is -0.495 e. The van der Waals surface area contributed by atoms with Crippen molar-refractivity contribution in [1.29, 1.82) is 0 Å². The molecule has 8 heteroatoms. The number of carbonyl (C=O) groups excluding carboxylic acids is 1. The number of amides is 1. The summed E-state index contributed by atoms with van der Waals surface area (Å²) >= 11 is 6.03. The highest BCUT2D eigenvalue weighted by Gasteiger charge is 2.27. The number of methoxy groups -OCH3 is 1. The first-order chi connectivity index (χ1) is 11.5. The van der Waals surface area contributed by atoms with Crippen LogP contribution >= 0.6 is 11.6 Å². The molecular weight excluding hydrogens is 334 g/mol. The smallest absolute Gasteiger partial charge is 0.330 e. The first-order valence-corrected chi connectivity index (χ1v) is 7.78. The maximum Gasteiger partial charge on any atom is 0.330 e. The Hall–Kier alpha value is -2.54. The molecule has 1 saturated carbocycles. The molecule has 126 valence electrons. The summed E-state index contributed by atoms with van der Waals surface area (Å²) in [5, 5.41) is 16.3. The normalized spacial score (nSPS) is 14.9. The second kappa shape index (κ2) is 6.52. The molecule has 1 aromatic heterocycles. The van der Waals surface area contributed by atoms with Gasteiger partial charge in [-0.15, -0.1) is 0 Å². The SMILES string of the molecule is COc1ccc(C(NC(=O)c2cnn(C3CC3)c2)C(=O)O)cc1Cl. The van der Waals surface area contributed by atoms with Crippen LogP contribution in [-0.2, 0) is 4.79 Å². The standard InChI is InChI=1S/C16H16ClN3O4/c1-24-13-5-2-9(6-12(13)17)14(16(22)23)19-15(21)10-7-18-20(8-10)11-3-4-11/h2,5-8,11,14H,3-4H2,1H3,(H,19,21)(H,22,23). The van der Waals surface area contributed by atoms with Crippen molar-refractivity contribution in [2.45, 2.75) is 24.9 Å². The molecule has 1 atom stereocenters. The minimum absolute atomic E-state index is 0.275. The van der Waals surface area contributed by atoms with Crippen LogP contribution in [-0.4, -0.2) is 33.9 Å². The largest absolute Gasteiger partial charge is 0.495 e. The van der Waals surface area contributed by atoms with Gasteiger partial charge in [0.05, 0.1) is 29.9 Å². The van der Waals surface area contributed by atoms with Crippen LogP contribution in [0.25, 0.3) is 0 Å². The molecule has 1 aromatic carbocycles. The number of rotatable bonds is 6. The number of carboxylic acid groups (broad SMARTS) is 1. The van der Waals surface area contributed by atoms with Crippen molar-refractivity contribution in [2.24, 2.45) is 0 Å². The van der Waals surface area contributed by atoms with E-state index in [1.807, 2.05) is 0 Å². The van der Waals surface area contributed by atoms with E-state index in [9.17, 15) is 14.7 Å². The monoisotopic (exact) mass is 349 g/mol. The highest BCUT2D eigenvalue weighted by Crippen LogP contribution is 2.34. The maximum absolute atomic E-state index is 12.3. The number of nitrogens with one attached hydrogen (secondary N) is 1. The van der Waals surface area contributed by atoms with Crippen molar-refractivity contribution in [2.75, 3.05) is 7.11 Å². The van der Waals surface area contributed by atoms with Crippen LogP contribution in [0.5, 0.6) is 5.75 Å². The van der Waals surface area contributed by atoms with E-state index in [-0.39, 0.29) is 5.02 Å². The van der Waals surface area contributed by atoms with Gasteiger partial charge in [0, 0.05) is 6.20 Å². The van der Waals surface area contributed by atoms with Gasteiger partial charge in [0.25, 0.3) is 5.91 Å². The van der Waals surface area contributed by atoms with Gasteiger partial charge in [-0.25, -0.2) is 4.79 Å². The Bertz CT molecular complexity index is 785. The van der Waals surface area contributed by atoms with Crippen molar-refractivity contribution in [1.82, 2.24) is 15.1 Å². The topological polar surface area (TPSA) is 93.5 Å². The predicted molar refractivity (Wildman–Crippen MR) is 86.3 cm³/mol. The molecule has 3 rings (SSSR count). The van der Waals surface area contributed by atoms with Crippen molar-refractivity contribution >= 4 is 23.5 Å². The molecule has 1 aliphatic rings. The van der Waals surface area contributed by atoms with E-state index < -0.39 is 17.9 Å². The zero-order chi connectivity index (χ0) is 17.3. The highest BCUT2D eigenvalue weighted by atomic mass is 35.5. The Morgan fingerprint density at radius 2 is 2.21 bits per heavy atom. The third kappa shape index (κ3) is 3.35. The van der Waals surface area contributed by atoms with Gasteiger partial charge in [0.2, 0.25) is 0 Å². The number of halogens is 1. The zero-order valence-electron chi connectivity index (χ0n) is 12.9. The van der Waals surface area contributed by atoms with Gasteiger partial charge in [-0.1, -0.05) is 17.7 Å². The van der Waals surface area contributed by atoms with Crippen molar-refractivity contribution < 1.29 is 19.4 Å². The lowest BCUT2D eigenvalue weighted by Crippen LogP contribution is -2.33. The second-order valence-electron chi connectivity index (χ2n) is 5.58. The molecule has 0 radical (unpaired) electrons. The first kappa shape index (κ1) is 16.3. The first-order valence-electron chi connectivity index (χ1n) is 7.41. The Morgan fingerprint density at radius 3 is 2.79 bits per heavy atom. The van der Waals surface area contributed by atoms with E-state index in [0.29, 0.717) is 22.9 Å². The van der Waals surface area contributed by atoms with E-state index in [1.54, 1.807) is 23.0 Å². The van der Waals surface area contributed by atoms with Crippen molar-refractivity contribution in [3.8, 4) is 5.75 Å². The van der Waals surface area contributed by atoms with Gasteiger partial charge in [-0.3, -0.25) is 9.48 Å². The molecule has 0 spiro atoms. The van der Waals surface area contributed by atoms with Gasteiger partial charge in [0.1, 0.15) is 5.75 Å². The number of hydrogen-bond acceptors (Lipinski definition) is 4. The quantitative estimate of drug-likeness (QED) is 0.835. The summed E-state index contributed by atoms with van der Waals surface area (Å²) in [6, 6.07) is 3.71. The molecule has 0 saturated heterocycles. The van der Waals surface area contributed by atoms with Gasteiger partial charge in [-0.2, -0.15) is 5.10 Å². The zero-order valence-corrected chi connectivity index (χ0v) is 13.7. The average Bonchev–Trinajstić information content (AvgIpc) is 3.29. The van der Waals surface area contributed by atoms with Crippen LogP contribution in [0.3, 0.4) is 0 Å². The van der Waals surface area contributed by atoms with E-state index in [2.05, 4.69) is 10.4 Å². The Balaban J connectivity index is 1.79. The average molecular weight is 350 g/mol. The molecule has 1 fully saturated rings. The third-order valence-corrected chi connectivity index (χ3v) is 4.11. The molecule has 7 nitrogen and oxygen atoms in total. The number of hydrogen-bond donors (Lipinski definition) is 2. The molecule has 0 bridgehead atoms. The molecule has 2 N–H and O–H groups in total. The van der Waals surface area contributed by atoms with E-state index in [4.69, 9.17) is 16.3 Å². The Morgan fingerprint density at radius 1 is 1.46 bits per heavy atom. The number of nitrogens with zero attached hydrogens (tertiary/aromatic N) is 2. The van der Waals surface area contributed by atoms with Crippen LogP contribution < -0.4 is 10.1 Å². The van der Waals surface area contributed by atoms with Gasteiger partial charge in [-0.05, 0) is 30.5 Å². The summed E-state index contributed by atoms with van der Waals surface area (Å²) in [6.07, 6.45) is 5.16. The number of carboxylic acids is 1. The van der Waals surface area contributed by atoms with Crippen LogP contribution in [0.2, 0.25) is 5.02 Å². The highest BCUT2D eigenvalue weighted by molar-refractivity contribution is 6.32. The maximum atomic E-state index is 12.3. The fourth-order valence-corrected chi connectivity index (χ4v) is 2.62. The minimum atomic E-state index is -1.22. The summed E-state index contributed by atoms with van der Waals surface area (Å²) in [5.41, 5.74) is 0.684. The van der Waals surface area contributed by atoms with Crippen LogP contribution in [0.15, 0.2) is 30.6 Å². The number of benzene rings is 1. The van der Waals surface area contributed by atoms with Crippen LogP contribution in [0.1, 0.15) is 40.8 Å². The Kier molecular flexibility index (Phi) is 4.44. The lowest BCUT2D eigenvalue weighted by Gasteiger charge is -2.15. The van der Waals surface area contributed by atoms with Gasteiger partial charge >= 0.3 is 5.97 Å². The van der Waals surface area contributed by atoms with E-state index in [1.165, 1.54) is 19.4 Å². The Labute approximate surface area is 143 Å². The van der Waals surface area contributed by atoms with E-state index >= 15 is 0 Å². The fraction of sp³-hybridized carbons (Fsp3) is 0.312. The van der Waals surface area contributed by atoms with Crippen molar-refractivity contribution in [3.05, 3.63) is 46.7 Å². The van der Waals surface area contributed by atoms with Crippen LogP contribution in [0, 0.1) is 0 Å². The molecule has 0 aliphatic heterocycles. The molecule has 1 heterocycles. The van der Waals surface area contributed by atoms with Crippen LogP contribution in [0.4, 0.5) is 0 Å². The predicted octanol–water partition coefficient (Wildman–Crippen LogP) is 2.44. The lowest BCUT2D eigenvalue weighted by molar-refractivity contribution is -0.139. The van der Waals surface area contributed by atoms with Crippen molar-refractivity contribution in [3.63, 3.8) is 0 Å². The lowest BCUT2D eigenvalue weighted by atomic mass is 10.1. The summed E-state index contributed by atoms with van der Waals surface area (Å²) in [5.74, 6) is -1.25. The summed E-state index contributed by atoms with van der Waals surface area (Å²) in [6.45, 7) is 0. The summed E-state index contributed by atoms with van der Waals surface area (Å²) in [4.78, 5) is 23.9. The molecule has 1 unspecified atom stereocenters. The molecule has 1 amide bonds. The molecular formula is C16H16ClN3O4. The number of ether oxygens (including phenoxy) is 1. The summed E-state index contributed by atoms with van der Waals surface area (Å²) in [7, 11) is 1.47. The number of carbonyl (C=O) groups is 2. The number of aromatic nitrogens is 2. The second-order valence-corrected chi connectivity index (χ2v) is 5.99. The molecule has 24 heavy (non-hydrogen) atoms. The number of aliphatic carboxylic acids is 1. The van der Waals surface area contributed by atoms with Gasteiger partial charge < -0.3 is 15.2 Å². The van der Waals surface area contributed by atoms with E-state index in [0.717, 1.165) is 12.8 Å².